The van der Waals surface area contributed by atoms with Gasteiger partial charge in [0.1, 0.15) is 17.1 Å². The highest BCUT2D eigenvalue weighted by atomic mass is 32.1. The average Bonchev–Trinajstić information content (AvgIpc) is 3.64. The maximum atomic E-state index is 13.6. The molecule has 4 aromatic rings. The molecule has 0 saturated carbocycles. The van der Waals surface area contributed by atoms with Crippen molar-refractivity contribution < 1.29 is 19.4 Å². The number of rotatable bonds is 2. The summed E-state index contributed by atoms with van der Waals surface area (Å²) in [6.45, 7) is 0.847. The van der Waals surface area contributed by atoms with Crippen molar-refractivity contribution in [2.75, 3.05) is 13.1 Å². The van der Waals surface area contributed by atoms with Crippen LogP contribution in [0.1, 0.15) is 34.0 Å². The number of aromatic hydroxyl groups is 1. The molecule has 0 radical (unpaired) electrons. The number of benzene rings is 2. The van der Waals surface area contributed by atoms with E-state index in [-0.39, 0.29) is 29.5 Å². The monoisotopic (exact) mass is 514 g/mol. The lowest BCUT2D eigenvalue weighted by Crippen LogP contribution is -2.40. The molecule has 2 atom stereocenters. The second-order valence-electron chi connectivity index (χ2n) is 9.48. The molecule has 4 bridgehead atoms. The summed E-state index contributed by atoms with van der Waals surface area (Å²) >= 11 is 1.58. The highest BCUT2D eigenvalue weighted by Crippen LogP contribution is 2.36. The van der Waals surface area contributed by atoms with Gasteiger partial charge in [0.15, 0.2) is 11.5 Å². The molecule has 1 fully saturated rings. The number of carbonyl (C=O) groups excluding carboxylic acids is 2. The van der Waals surface area contributed by atoms with Crippen LogP contribution in [-0.2, 0) is 18.3 Å². The predicted molar refractivity (Wildman–Crippen MR) is 140 cm³/mol. The summed E-state index contributed by atoms with van der Waals surface area (Å²) in [5.74, 6) is 0.683. The molecule has 0 unspecified atom stereocenters. The molecular weight excluding hydrogens is 488 g/mol. The van der Waals surface area contributed by atoms with Crippen LogP contribution in [0.2, 0.25) is 0 Å². The number of fused-ring (bicyclic) bond motifs is 6. The lowest BCUT2D eigenvalue weighted by molar-refractivity contribution is -0.121. The minimum absolute atomic E-state index is 0.0436. The van der Waals surface area contributed by atoms with Crippen molar-refractivity contribution >= 4 is 23.2 Å². The van der Waals surface area contributed by atoms with Crippen molar-refractivity contribution in [2.24, 2.45) is 7.05 Å². The number of carbonyl (C=O) groups is 2. The van der Waals surface area contributed by atoms with Gasteiger partial charge in [-0.25, -0.2) is 0 Å². The van der Waals surface area contributed by atoms with Crippen LogP contribution in [0.5, 0.6) is 17.2 Å². The zero-order valence-corrected chi connectivity index (χ0v) is 21.1. The number of hydrogen-bond acceptors (Lipinski definition) is 6. The lowest BCUT2D eigenvalue weighted by Gasteiger charge is -2.20. The molecule has 2 aliphatic rings. The Bertz CT molecular complexity index is 1480. The van der Waals surface area contributed by atoms with E-state index in [1.807, 2.05) is 47.8 Å². The Balaban J connectivity index is 1.31. The molecule has 37 heavy (non-hydrogen) atoms. The smallest absolute Gasteiger partial charge is 0.272 e. The zero-order valence-electron chi connectivity index (χ0n) is 20.3. The number of nitrogens with one attached hydrogen (secondary N) is 1. The Kier molecular flexibility index (Phi) is 5.92. The summed E-state index contributed by atoms with van der Waals surface area (Å²) in [5.41, 5.74) is 3.13. The molecule has 2 aliphatic heterocycles. The molecule has 1 saturated heterocycles. The van der Waals surface area contributed by atoms with Crippen LogP contribution in [0.15, 0.2) is 66.0 Å². The molecule has 2 N–H and O–H groups in total. The van der Waals surface area contributed by atoms with Crippen LogP contribution in [0.4, 0.5) is 0 Å². The van der Waals surface area contributed by atoms with Crippen LogP contribution in [0, 0.1) is 0 Å². The number of likely N-dealkylation sites (tertiary alicyclic amines) is 1. The van der Waals surface area contributed by atoms with Crippen molar-refractivity contribution in [3.8, 4) is 27.8 Å². The molecule has 8 nitrogen and oxygen atoms in total. The Morgan fingerprint density at radius 2 is 2.00 bits per heavy atom. The van der Waals surface area contributed by atoms with E-state index in [0.29, 0.717) is 43.1 Å². The third-order valence-corrected chi connectivity index (χ3v) is 7.90. The fraction of sp³-hybridized carbons (Fsp3) is 0.250. The van der Waals surface area contributed by atoms with Gasteiger partial charge in [0.2, 0.25) is 5.91 Å². The number of phenols is 1. The van der Waals surface area contributed by atoms with Crippen molar-refractivity contribution in [2.45, 2.75) is 24.8 Å². The summed E-state index contributed by atoms with van der Waals surface area (Å²) < 4.78 is 7.65. The van der Waals surface area contributed by atoms with Crippen molar-refractivity contribution in [3.63, 3.8) is 0 Å². The average molecular weight is 515 g/mol. The second kappa shape index (κ2) is 9.40. The number of aromatic nitrogens is 2. The van der Waals surface area contributed by atoms with E-state index in [9.17, 15) is 14.7 Å². The molecular formula is C28H26N4O4S. The number of hydrogen-bond donors (Lipinski definition) is 2. The maximum Gasteiger partial charge on any atom is 0.272 e. The van der Waals surface area contributed by atoms with Crippen molar-refractivity contribution in [1.82, 2.24) is 20.0 Å². The molecule has 2 aromatic heterocycles. The van der Waals surface area contributed by atoms with Gasteiger partial charge >= 0.3 is 0 Å². The van der Waals surface area contributed by atoms with Gasteiger partial charge in [-0.3, -0.25) is 14.3 Å². The van der Waals surface area contributed by atoms with E-state index >= 15 is 0 Å². The second-order valence-corrected chi connectivity index (χ2v) is 10.4. The van der Waals surface area contributed by atoms with Crippen LogP contribution < -0.4 is 10.1 Å². The lowest BCUT2D eigenvalue weighted by atomic mass is 9.94. The number of thiophene rings is 1. The largest absolute Gasteiger partial charge is 0.504 e. The van der Waals surface area contributed by atoms with Crippen molar-refractivity contribution in [1.29, 1.82) is 0 Å². The number of aryl methyl sites for hydroxylation is 2. The van der Waals surface area contributed by atoms with E-state index in [1.165, 1.54) is 0 Å². The van der Waals surface area contributed by atoms with Crippen LogP contribution in [0.3, 0.4) is 0 Å². The fourth-order valence-corrected chi connectivity index (χ4v) is 5.78. The summed E-state index contributed by atoms with van der Waals surface area (Å²) in [5, 5.41) is 20.0. The minimum atomic E-state index is -0.242. The molecule has 0 spiro atoms. The molecule has 188 valence electrons. The first-order valence-corrected chi connectivity index (χ1v) is 13.1. The van der Waals surface area contributed by atoms with Crippen LogP contribution in [-0.4, -0.2) is 50.7 Å². The van der Waals surface area contributed by atoms with E-state index in [0.717, 1.165) is 21.7 Å². The Hall–Kier alpha value is -4.11. The van der Waals surface area contributed by atoms with Gasteiger partial charge in [0.25, 0.3) is 5.91 Å². The fourth-order valence-electron chi connectivity index (χ4n) is 5.10. The number of ether oxygens (including phenoxy) is 1. The SMILES string of the molecule is Cn1nc(-c2cccs2)cc1C(=O)N1C[C@H]2NC(=O)CCc3ccc(O)c(c3)Oc3cccc(c3)[C@@H]2C1. The van der Waals surface area contributed by atoms with Gasteiger partial charge < -0.3 is 20.1 Å². The zero-order chi connectivity index (χ0) is 25.5. The van der Waals surface area contributed by atoms with Gasteiger partial charge in [-0.2, -0.15) is 5.10 Å². The molecule has 9 heteroatoms. The van der Waals surface area contributed by atoms with E-state index in [1.54, 1.807) is 46.2 Å². The molecule has 0 aliphatic carbocycles. The first-order valence-electron chi connectivity index (χ1n) is 12.2. The van der Waals surface area contributed by atoms with E-state index in [2.05, 4.69) is 10.4 Å². The minimum Gasteiger partial charge on any atom is -0.504 e. The van der Waals surface area contributed by atoms with E-state index < -0.39 is 0 Å². The van der Waals surface area contributed by atoms with Gasteiger partial charge in [-0.15, -0.1) is 11.3 Å². The third-order valence-electron chi connectivity index (χ3n) is 7.01. The van der Waals surface area contributed by atoms with Crippen molar-refractivity contribution in [3.05, 3.63) is 82.9 Å². The standard InChI is InChI=1S/C28H26N4O4S/c1-31-23(14-21(30-31)26-6-3-11-37-26)28(35)32-15-20-18-4-2-5-19(13-18)36-25-12-17(7-9-24(25)33)8-10-27(34)29-22(20)16-32/h2-7,9,11-14,20,22,33H,8,10,15-16H2,1H3,(H,29,34)/t20-,22+/m0/s1. The normalized spacial score (nSPS) is 19.2. The highest BCUT2D eigenvalue weighted by molar-refractivity contribution is 7.13. The van der Waals surface area contributed by atoms with E-state index in [4.69, 9.17) is 4.74 Å². The first-order chi connectivity index (χ1) is 17.9. The predicted octanol–water partition coefficient (Wildman–Crippen LogP) is 4.32. The molecule has 6 rings (SSSR count). The molecule has 4 heterocycles. The van der Waals surface area contributed by atoms with Gasteiger partial charge in [0, 0.05) is 32.5 Å². The summed E-state index contributed by atoms with van der Waals surface area (Å²) in [6, 6.07) is 18.3. The van der Waals surface area contributed by atoms with Gasteiger partial charge in [0.05, 0.1) is 10.9 Å². The molecule has 2 amide bonds. The summed E-state index contributed by atoms with van der Waals surface area (Å²) in [4.78, 5) is 29.4. The summed E-state index contributed by atoms with van der Waals surface area (Å²) in [7, 11) is 1.78. The highest BCUT2D eigenvalue weighted by Gasteiger charge is 2.38. The maximum absolute atomic E-state index is 13.6. The number of phenolic OH excluding ortho intramolecular Hbond substituents is 1. The van der Waals surface area contributed by atoms with Gasteiger partial charge in [-0.1, -0.05) is 24.3 Å². The first kappa shape index (κ1) is 23.3. The van der Waals surface area contributed by atoms with Crippen LogP contribution in [0.25, 0.3) is 10.6 Å². The Labute approximate surface area is 218 Å². The molecule has 2 aromatic carbocycles. The topological polar surface area (TPSA) is 96.7 Å². The van der Waals surface area contributed by atoms with Crippen LogP contribution >= 0.6 is 11.3 Å². The Morgan fingerprint density at radius 3 is 2.84 bits per heavy atom. The number of amides is 2. The quantitative estimate of drug-likeness (QED) is 0.415. The van der Waals surface area contributed by atoms with Gasteiger partial charge in [-0.05, 0) is 59.3 Å². The number of nitrogens with zero attached hydrogens (tertiary/aromatic N) is 3. The Morgan fingerprint density at radius 1 is 1.11 bits per heavy atom. The third kappa shape index (κ3) is 4.58. The summed E-state index contributed by atoms with van der Waals surface area (Å²) in [6.07, 6.45) is 0.811.